The maximum absolute atomic E-state index is 11.7. The summed E-state index contributed by atoms with van der Waals surface area (Å²) in [4.78, 5) is 12.7. The van der Waals surface area contributed by atoms with Crippen molar-refractivity contribution in [2.24, 2.45) is 5.92 Å². The van der Waals surface area contributed by atoms with Gasteiger partial charge in [-0.25, -0.2) is 0 Å². The summed E-state index contributed by atoms with van der Waals surface area (Å²) in [6.07, 6.45) is 0. The van der Waals surface area contributed by atoms with Crippen molar-refractivity contribution in [1.29, 1.82) is 0 Å². The number of amides is 1. The normalized spacial score (nSPS) is 12.3. The van der Waals surface area contributed by atoms with Crippen molar-refractivity contribution in [1.82, 2.24) is 10.5 Å². The van der Waals surface area contributed by atoms with Crippen molar-refractivity contribution in [3.63, 3.8) is 0 Å². The third-order valence-electron chi connectivity index (χ3n) is 2.43. The lowest BCUT2D eigenvalue weighted by Crippen LogP contribution is -2.29. The Morgan fingerprint density at radius 2 is 2.50 bits per heavy atom. The molecule has 2 heterocycles. The second kappa shape index (κ2) is 5.79. The molecule has 0 aliphatic carbocycles. The third-order valence-corrected chi connectivity index (χ3v) is 3.31. The summed E-state index contributed by atoms with van der Waals surface area (Å²) in [6, 6.07) is 5.43. The zero-order valence-electron chi connectivity index (χ0n) is 9.92. The van der Waals surface area contributed by atoms with E-state index in [2.05, 4.69) is 10.5 Å². The SMILES string of the molecule is CC(CO)CNC(=O)c1cc(-c2cccs2)on1. The maximum Gasteiger partial charge on any atom is 0.273 e. The summed E-state index contributed by atoms with van der Waals surface area (Å²) < 4.78 is 5.11. The van der Waals surface area contributed by atoms with Crippen LogP contribution in [0.25, 0.3) is 10.6 Å². The van der Waals surface area contributed by atoms with E-state index in [1.54, 1.807) is 6.07 Å². The molecule has 2 rings (SSSR count). The summed E-state index contributed by atoms with van der Waals surface area (Å²) in [5.74, 6) is 0.324. The molecule has 96 valence electrons. The molecule has 2 N–H and O–H groups in total. The number of thiophene rings is 1. The van der Waals surface area contributed by atoms with E-state index in [1.807, 2.05) is 24.4 Å². The molecule has 2 aromatic heterocycles. The van der Waals surface area contributed by atoms with E-state index in [4.69, 9.17) is 9.63 Å². The summed E-state index contributed by atoms with van der Waals surface area (Å²) in [6.45, 7) is 2.30. The van der Waals surface area contributed by atoms with E-state index in [0.29, 0.717) is 12.3 Å². The van der Waals surface area contributed by atoms with Gasteiger partial charge in [0.1, 0.15) is 0 Å². The van der Waals surface area contributed by atoms with Crippen LogP contribution in [0.3, 0.4) is 0 Å². The van der Waals surface area contributed by atoms with Gasteiger partial charge < -0.3 is 14.9 Å². The predicted molar refractivity (Wildman–Crippen MR) is 68.4 cm³/mol. The zero-order valence-corrected chi connectivity index (χ0v) is 10.7. The molecule has 0 radical (unpaired) electrons. The Hall–Kier alpha value is -1.66. The van der Waals surface area contributed by atoms with Crippen molar-refractivity contribution in [2.45, 2.75) is 6.92 Å². The van der Waals surface area contributed by atoms with Gasteiger partial charge >= 0.3 is 0 Å². The van der Waals surface area contributed by atoms with Gasteiger partial charge in [-0.15, -0.1) is 11.3 Å². The average molecular weight is 266 g/mol. The van der Waals surface area contributed by atoms with Gasteiger partial charge in [0.15, 0.2) is 11.5 Å². The largest absolute Gasteiger partial charge is 0.396 e. The Morgan fingerprint density at radius 1 is 1.67 bits per heavy atom. The number of nitrogens with one attached hydrogen (secondary N) is 1. The molecule has 0 spiro atoms. The second-order valence-electron chi connectivity index (χ2n) is 4.05. The lowest BCUT2D eigenvalue weighted by molar-refractivity contribution is 0.0933. The van der Waals surface area contributed by atoms with E-state index in [9.17, 15) is 4.79 Å². The maximum atomic E-state index is 11.7. The van der Waals surface area contributed by atoms with E-state index in [0.717, 1.165) is 4.88 Å². The minimum Gasteiger partial charge on any atom is -0.396 e. The van der Waals surface area contributed by atoms with Crippen LogP contribution in [-0.4, -0.2) is 29.3 Å². The van der Waals surface area contributed by atoms with Crippen LogP contribution in [0.4, 0.5) is 0 Å². The van der Waals surface area contributed by atoms with Gasteiger partial charge in [0.05, 0.1) is 4.88 Å². The van der Waals surface area contributed by atoms with Crippen molar-refractivity contribution in [3.05, 3.63) is 29.3 Å². The van der Waals surface area contributed by atoms with Gasteiger partial charge in [-0.3, -0.25) is 4.79 Å². The number of aliphatic hydroxyl groups is 1. The zero-order chi connectivity index (χ0) is 13.0. The lowest BCUT2D eigenvalue weighted by Gasteiger charge is -2.07. The van der Waals surface area contributed by atoms with Gasteiger partial charge in [0, 0.05) is 19.2 Å². The second-order valence-corrected chi connectivity index (χ2v) is 5.00. The molecule has 0 aliphatic heterocycles. The Balaban J connectivity index is 1.99. The Labute approximate surface area is 108 Å². The fourth-order valence-electron chi connectivity index (χ4n) is 1.34. The number of rotatable bonds is 5. The first-order valence-electron chi connectivity index (χ1n) is 5.60. The first-order chi connectivity index (χ1) is 8.70. The highest BCUT2D eigenvalue weighted by Crippen LogP contribution is 2.24. The Kier molecular flexibility index (Phi) is 4.11. The highest BCUT2D eigenvalue weighted by atomic mass is 32.1. The predicted octanol–water partition coefficient (Wildman–Crippen LogP) is 1.76. The third kappa shape index (κ3) is 2.96. The number of hydrogen-bond donors (Lipinski definition) is 2. The van der Waals surface area contributed by atoms with Gasteiger partial charge in [-0.1, -0.05) is 18.1 Å². The van der Waals surface area contributed by atoms with Gasteiger partial charge in [0.2, 0.25) is 0 Å². The fraction of sp³-hybridized carbons (Fsp3) is 0.333. The standard InChI is InChI=1S/C12H14N2O3S/c1-8(7-15)6-13-12(16)9-5-10(17-14-9)11-3-2-4-18-11/h2-5,8,15H,6-7H2,1H3,(H,13,16). The molecule has 6 heteroatoms. The van der Waals surface area contributed by atoms with Crippen LogP contribution in [0.2, 0.25) is 0 Å². The summed E-state index contributed by atoms with van der Waals surface area (Å²) in [7, 11) is 0. The van der Waals surface area contributed by atoms with Crippen molar-refractivity contribution >= 4 is 17.2 Å². The van der Waals surface area contributed by atoms with Crippen LogP contribution in [0.1, 0.15) is 17.4 Å². The Morgan fingerprint density at radius 3 is 3.17 bits per heavy atom. The van der Waals surface area contributed by atoms with Crippen LogP contribution in [-0.2, 0) is 0 Å². The van der Waals surface area contributed by atoms with E-state index in [1.165, 1.54) is 11.3 Å². The molecule has 0 fully saturated rings. The summed E-state index contributed by atoms with van der Waals surface area (Å²) in [5.41, 5.74) is 0.253. The lowest BCUT2D eigenvalue weighted by atomic mass is 10.2. The molecular formula is C12H14N2O3S. The van der Waals surface area contributed by atoms with E-state index < -0.39 is 0 Å². The molecule has 0 bridgehead atoms. The smallest absolute Gasteiger partial charge is 0.273 e. The molecule has 1 unspecified atom stereocenters. The number of nitrogens with zero attached hydrogens (tertiary/aromatic N) is 1. The summed E-state index contributed by atoms with van der Waals surface area (Å²) >= 11 is 1.52. The molecule has 1 amide bonds. The number of aromatic nitrogens is 1. The van der Waals surface area contributed by atoms with Crippen LogP contribution >= 0.6 is 11.3 Å². The molecule has 2 aromatic rings. The topological polar surface area (TPSA) is 75.4 Å². The van der Waals surface area contributed by atoms with Crippen LogP contribution in [0, 0.1) is 5.92 Å². The van der Waals surface area contributed by atoms with Crippen LogP contribution < -0.4 is 5.32 Å². The van der Waals surface area contributed by atoms with Crippen LogP contribution in [0.15, 0.2) is 28.1 Å². The number of carbonyl (C=O) groups excluding carboxylic acids is 1. The highest BCUT2D eigenvalue weighted by Gasteiger charge is 2.14. The molecule has 0 aromatic carbocycles. The number of carbonyl (C=O) groups is 1. The average Bonchev–Trinajstić information content (AvgIpc) is 3.04. The minimum atomic E-state index is -0.290. The molecule has 0 aliphatic rings. The number of hydrogen-bond acceptors (Lipinski definition) is 5. The first kappa shape index (κ1) is 12.8. The quantitative estimate of drug-likeness (QED) is 0.864. The fourth-order valence-corrected chi connectivity index (χ4v) is 2.01. The van der Waals surface area contributed by atoms with Crippen molar-refractivity contribution in [2.75, 3.05) is 13.2 Å². The summed E-state index contributed by atoms with van der Waals surface area (Å²) in [5, 5.41) is 17.2. The molecule has 18 heavy (non-hydrogen) atoms. The Bertz CT molecular complexity index is 507. The number of aliphatic hydroxyl groups excluding tert-OH is 1. The van der Waals surface area contributed by atoms with E-state index >= 15 is 0 Å². The van der Waals surface area contributed by atoms with Gasteiger partial charge in [0.25, 0.3) is 5.91 Å². The van der Waals surface area contributed by atoms with Crippen molar-refractivity contribution in [3.8, 4) is 10.6 Å². The highest BCUT2D eigenvalue weighted by molar-refractivity contribution is 7.13. The molecule has 1 atom stereocenters. The van der Waals surface area contributed by atoms with Gasteiger partial charge in [-0.05, 0) is 17.4 Å². The monoisotopic (exact) mass is 266 g/mol. The minimum absolute atomic E-state index is 0.0256. The van der Waals surface area contributed by atoms with Crippen molar-refractivity contribution < 1.29 is 14.4 Å². The molecule has 0 saturated carbocycles. The molecular weight excluding hydrogens is 252 g/mol. The van der Waals surface area contributed by atoms with Crippen LogP contribution in [0.5, 0.6) is 0 Å². The molecule has 0 saturated heterocycles. The molecule has 5 nitrogen and oxygen atoms in total. The van der Waals surface area contributed by atoms with Gasteiger partial charge in [-0.2, -0.15) is 0 Å². The first-order valence-corrected chi connectivity index (χ1v) is 6.48. The van der Waals surface area contributed by atoms with E-state index in [-0.39, 0.29) is 24.1 Å².